The summed E-state index contributed by atoms with van der Waals surface area (Å²) in [7, 11) is 0. The number of alkyl halides is 4. The topological polar surface area (TPSA) is 46.5 Å². The van der Waals surface area contributed by atoms with Gasteiger partial charge in [-0.15, -0.1) is 0 Å². The molecule has 7 heteroatoms. The summed E-state index contributed by atoms with van der Waals surface area (Å²) in [5.74, 6) is -1.38. The Morgan fingerprint density at radius 2 is 1.83 bits per heavy atom. The number of ether oxygens (including phenoxy) is 1. The highest BCUT2D eigenvalue weighted by atomic mass is 127. The molecule has 0 amide bonds. The van der Waals surface area contributed by atoms with Gasteiger partial charge in [-0.25, -0.2) is 0 Å². The van der Waals surface area contributed by atoms with E-state index in [1.165, 1.54) is 13.8 Å². The molecule has 0 heterocycles. The van der Waals surface area contributed by atoms with Gasteiger partial charge in [-0.05, 0) is 19.3 Å². The van der Waals surface area contributed by atoms with Crippen LogP contribution in [0.2, 0.25) is 0 Å². The van der Waals surface area contributed by atoms with Gasteiger partial charge in [0.1, 0.15) is 10.0 Å². The van der Waals surface area contributed by atoms with Gasteiger partial charge in [0.05, 0.1) is 0 Å². The summed E-state index contributed by atoms with van der Waals surface area (Å²) >= 11 is 1.80. The van der Waals surface area contributed by atoms with E-state index in [2.05, 4.69) is 0 Å². The van der Waals surface area contributed by atoms with Crippen LogP contribution in [0, 0.1) is 5.92 Å². The molecule has 0 spiro atoms. The predicted octanol–water partition coefficient (Wildman–Crippen LogP) is 3.08. The first-order valence-corrected chi connectivity index (χ1v) is 6.83. The molecule has 0 saturated carbocycles. The molecule has 0 fully saturated rings. The maximum atomic E-state index is 12.7. The molecule has 0 aromatic rings. The molecule has 3 nitrogen and oxygen atoms in total. The largest absolute Gasteiger partial charge is 0.458 e. The van der Waals surface area contributed by atoms with Gasteiger partial charge < -0.3 is 9.84 Å². The molecule has 0 aliphatic rings. The standard InChI is InChI=1S/C11H18F3IO3/c1-5-7(15)9(16)18-8(6(2)3)10(4,17)11(12,13)14/h6-8,17H,5H2,1-4H3. The van der Waals surface area contributed by atoms with Crippen molar-refractivity contribution in [3.63, 3.8) is 0 Å². The number of aliphatic hydroxyl groups is 1. The van der Waals surface area contributed by atoms with E-state index in [1.54, 1.807) is 29.5 Å². The summed E-state index contributed by atoms with van der Waals surface area (Å²) < 4.78 is 42.5. The Bertz CT molecular complexity index is 290. The van der Waals surface area contributed by atoms with Crippen LogP contribution < -0.4 is 0 Å². The predicted molar refractivity (Wildman–Crippen MR) is 69.5 cm³/mol. The van der Waals surface area contributed by atoms with Crippen molar-refractivity contribution in [2.24, 2.45) is 5.92 Å². The monoisotopic (exact) mass is 382 g/mol. The second-order valence-electron chi connectivity index (χ2n) is 4.62. The Morgan fingerprint density at radius 1 is 1.39 bits per heavy atom. The van der Waals surface area contributed by atoms with E-state index in [9.17, 15) is 23.1 Å². The highest BCUT2D eigenvalue weighted by Crippen LogP contribution is 2.37. The number of rotatable bonds is 5. The summed E-state index contributed by atoms with van der Waals surface area (Å²) in [6.07, 6.45) is -6.01. The summed E-state index contributed by atoms with van der Waals surface area (Å²) in [5.41, 5.74) is -3.05. The Morgan fingerprint density at radius 3 is 2.11 bits per heavy atom. The summed E-state index contributed by atoms with van der Waals surface area (Å²) in [6.45, 7) is 5.28. The SMILES string of the molecule is CCC(I)C(=O)OC(C(C)C)C(C)(O)C(F)(F)F. The van der Waals surface area contributed by atoms with Crippen LogP contribution in [0.3, 0.4) is 0 Å². The van der Waals surface area contributed by atoms with E-state index in [0.717, 1.165) is 0 Å². The van der Waals surface area contributed by atoms with Crippen molar-refractivity contribution in [3.8, 4) is 0 Å². The molecular formula is C11H18F3IO3. The molecule has 3 unspecified atom stereocenters. The average Bonchev–Trinajstić information content (AvgIpc) is 2.21. The van der Waals surface area contributed by atoms with Crippen LogP contribution in [0.15, 0.2) is 0 Å². The Kier molecular flexibility index (Phi) is 6.39. The number of carbonyl (C=O) groups is 1. The third kappa shape index (κ3) is 4.25. The van der Waals surface area contributed by atoms with Gasteiger partial charge in [0.15, 0.2) is 5.60 Å². The van der Waals surface area contributed by atoms with Crippen molar-refractivity contribution in [2.75, 3.05) is 0 Å². The van der Waals surface area contributed by atoms with Crippen LogP contribution in [0.25, 0.3) is 0 Å². The average molecular weight is 382 g/mol. The molecule has 0 aromatic heterocycles. The second-order valence-corrected chi connectivity index (χ2v) is 6.13. The van der Waals surface area contributed by atoms with Crippen molar-refractivity contribution in [3.05, 3.63) is 0 Å². The fourth-order valence-corrected chi connectivity index (χ4v) is 1.57. The third-order valence-corrected chi connectivity index (χ3v) is 3.98. The lowest BCUT2D eigenvalue weighted by Crippen LogP contribution is -2.56. The summed E-state index contributed by atoms with van der Waals surface area (Å²) in [6, 6.07) is 0. The molecule has 0 bridgehead atoms. The Balaban J connectivity index is 5.06. The molecule has 0 aromatic carbocycles. The lowest BCUT2D eigenvalue weighted by molar-refractivity contribution is -0.290. The molecule has 0 rings (SSSR count). The molecule has 108 valence electrons. The molecule has 0 saturated heterocycles. The van der Waals surface area contributed by atoms with E-state index in [-0.39, 0.29) is 0 Å². The second kappa shape index (κ2) is 6.40. The minimum Gasteiger partial charge on any atom is -0.458 e. The molecule has 0 radical (unpaired) electrons. The van der Waals surface area contributed by atoms with E-state index < -0.39 is 33.7 Å². The zero-order chi connectivity index (χ0) is 14.7. The quantitative estimate of drug-likeness (QED) is 0.452. The van der Waals surface area contributed by atoms with Crippen molar-refractivity contribution < 1.29 is 27.8 Å². The molecule has 3 atom stereocenters. The molecule has 18 heavy (non-hydrogen) atoms. The first-order valence-electron chi connectivity index (χ1n) is 5.58. The van der Waals surface area contributed by atoms with Crippen molar-refractivity contribution >= 4 is 28.6 Å². The van der Waals surface area contributed by atoms with Gasteiger partial charge in [-0.2, -0.15) is 13.2 Å². The Hall–Kier alpha value is -0.0500. The van der Waals surface area contributed by atoms with Gasteiger partial charge in [0.25, 0.3) is 0 Å². The number of carbonyl (C=O) groups excluding carboxylic acids is 1. The first-order chi connectivity index (χ1) is 7.95. The zero-order valence-corrected chi connectivity index (χ0v) is 12.9. The van der Waals surface area contributed by atoms with Crippen LogP contribution in [0.4, 0.5) is 13.2 Å². The minimum atomic E-state index is -4.85. The van der Waals surface area contributed by atoms with Crippen LogP contribution >= 0.6 is 22.6 Å². The van der Waals surface area contributed by atoms with Crippen LogP contribution in [0.5, 0.6) is 0 Å². The number of halogens is 4. The van der Waals surface area contributed by atoms with Gasteiger partial charge in [0.2, 0.25) is 0 Å². The third-order valence-electron chi connectivity index (χ3n) is 2.59. The maximum Gasteiger partial charge on any atom is 0.420 e. The molecular weight excluding hydrogens is 364 g/mol. The molecule has 0 aliphatic heterocycles. The summed E-state index contributed by atoms with van der Waals surface area (Å²) in [4.78, 5) is 11.6. The Labute approximate surface area is 118 Å². The number of hydrogen-bond donors (Lipinski definition) is 1. The molecule has 0 aliphatic carbocycles. The summed E-state index contributed by atoms with van der Waals surface area (Å²) in [5, 5.41) is 9.58. The van der Waals surface area contributed by atoms with E-state index in [0.29, 0.717) is 13.3 Å². The van der Waals surface area contributed by atoms with Crippen LogP contribution in [-0.2, 0) is 9.53 Å². The first kappa shape index (κ1) is 17.9. The van der Waals surface area contributed by atoms with Gasteiger partial charge in [-0.1, -0.05) is 43.4 Å². The van der Waals surface area contributed by atoms with Gasteiger partial charge in [-0.3, -0.25) is 4.79 Å². The minimum absolute atomic E-state index is 0.457. The number of esters is 1. The molecule has 1 N–H and O–H groups in total. The van der Waals surface area contributed by atoms with Gasteiger partial charge >= 0.3 is 12.1 Å². The fourth-order valence-electron chi connectivity index (χ4n) is 1.43. The van der Waals surface area contributed by atoms with Crippen molar-refractivity contribution in [1.29, 1.82) is 0 Å². The highest BCUT2D eigenvalue weighted by Gasteiger charge is 2.57. The normalized spacial score (nSPS) is 19.2. The fraction of sp³-hybridized carbons (Fsp3) is 0.909. The highest BCUT2D eigenvalue weighted by molar-refractivity contribution is 14.1. The van der Waals surface area contributed by atoms with Crippen LogP contribution in [0.1, 0.15) is 34.1 Å². The zero-order valence-electron chi connectivity index (χ0n) is 10.7. The lowest BCUT2D eigenvalue weighted by atomic mass is 9.89. The van der Waals surface area contributed by atoms with E-state index in [1.807, 2.05) is 0 Å². The van der Waals surface area contributed by atoms with Crippen molar-refractivity contribution in [1.82, 2.24) is 0 Å². The van der Waals surface area contributed by atoms with Crippen LogP contribution in [-0.4, -0.2) is 32.9 Å². The van der Waals surface area contributed by atoms with E-state index >= 15 is 0 Å². The van der Waals surface area contributed by atoms with E-state index in [4.69, 9.17) is 4.74 Å². The van der Waals surface area contributed by atoms with Crippen molar-refractivity contribution in [2.45, 2.75) is 55.9 Å². The smallest absolute Gasteiger partial charge is 0.420 e. The lowest BCUT2D eigenvalue weighted by Gasteiger charge is -2.36. The van der Waals surface area contributed by atoms with Gasteiger partial charge in [0, 0.05) is 0 Å². The number of hydrogen-bond acceptors (Lipinski definition) is 3. The maximum absolute atomic E-state index is 12.7.